The van der Waals surface area contributed by atoms with Gasteiger partial charge in [-0.15, -0.1) is 0 Å². The highest BCUT2D eigenvalue weighted by Crippen LogP contribution is 2.37. The number of fused-ring (bicyclic) bond motifs is 1. The Morgan fingerprint density at radius 1 is 1.33 bits per heavy atom. The molecule has 0 bridgehead atoms. The lowest BCUT2D eigenvalue weighted by Gasteiger charge is -2.16. The van der Waals surface area contributed by atoms with Crippen LogP contribution >= 0.6 is 0 Å². The van der Waals surface area contributed by atoms with Gasteiger partial charge in [-0.3, -0.25) is 9.48 Å². The molecule has 2 aromatic heterocycles. The van der Waals surface area contributed by atoms with Gasteiger partial charge in [-0.1, -0.05) is 18.2 Å². The van der Waals surface area contributed by atoms with Crippen LogP contribution in [-0.4, -0.2) is 39.2 Å². The monoisotopic (exact) mass is 373 g/mol. The molecule has 6 nitrogen and oxygen atoms in total. The predicted molar refractivity (Wildman–Crippen MR) is 91.5 cm³/mol. The number of pyridine rings is 1. The number of carbonyl (C=O) groups excluding carboxylic acids is 1. The van der Waals surface area contributed by atoms with Gasteiger partial charge in [-0.2, -0.15) is 23.5 Å². The summed E-state index contributed by atoms with van der Waals surface area (Å²) in [6.45, 7) is -0.155. The van der Waals surface area contributed by atoms with Crippen molar-refractivity contribution in [3.63, 3.8) is 0 Å². The minimum Gasteiger partial charge on any atom is -0.328 e. The molecule has 3 rings (SSSR count). The zero-order valence-corrected chi connectivity index (χ0v) is 14.4. The molecule has 0 atom stereocenters. The summed E-state index contributed by atoms with van der Waals surface area (Å²) in [5, 5.41) is 13.3. The first-order valence-corrected chi connectivity index (χ1v) is 7.85. The van der Waals surface area contributed by atoms with Crippen molar-refractivity contribution in [2.45, 2.75) is 6.18 Å². The van der Waals surface area contributed by atoms with Gasteiger partial charge in [0.1, 0.15) is 6.54 Å². The van der Waals surface area contributed by atoms with Crippen molar-refractivity contribution in [3.8, 4) is 17.3 Å². The summed E-state index contributed by atoms with van der Waals surface area (Å²) in [5.74, 6) is -0.498. The number of amides is 1. The van der Waals surface area contributed by atoms with E-state index in [0.29, 0.717) is 5.39 Å². The Kier molecular flexibility index (Phi) is 4.57. The largest absolute Gasteiger partial charge is 0.417 e. The summed E-state index contributed by atoms with van der Waals surface area (Å²) in [7, 11) is 3.03. The zero-order chi connectivity index (χ0) is 19.8. The van der Waals surface area contributed by atoms with E-state index in [0.717, 1.165) is 6.07 Å². The first kappa shape index (κ1) is 18.4. The van der Waals surface area contributed by atoms with Gasteiger partial charge >= 0.3 is 6.18 Å². The van der Waals surface area contributed by atoms with Crippen molar-refractivity contribution in [1.29, 1.82) is 5.26 Å². The average Bonchev–Trinajstić information content (AvgIpc) is 3.01. The van der Waals surface area contributed by atoms with E-state index in [2.05, 4.69) is 10.1 Å². The van der Waals surface area contributed by atoms with E-state index < -0.39 is 17.6 Å². The number of aromatic nitrogens is 3. The SMILES string of the molecule is CN(CC#N)C(=O)c1cc(-c2ccccc2C(F)(F)F)nc2c1cnn2C. The van der Waals surface area contributed by atoms with Crippen molar-refractivity contribution in [1.82, 2.24) is 19.7 Å². The number of hydrogen-bond acceptors (Lipinski definition) is 4. The molecule has 0 saturated carbocycles. The van der Waals surface area contributed by atoms with Crippen LogP contribution in [0.4, 0.5) is 13.2 Å². The van der Waals surface area contributed by atoms with Crippen LogP contribution in [0.5, 0.6) is 0 Å². The minimum absolute atomic E-state index is 0.00716. The first-order valence-electron chi connectivity index (χ1n) is 7.85. The smallest absolute Gasteiger partial charge is 0.328 e. The molecule has 0 saturated heterocycles. The molecule has 2 heterocycles. The van der Waals surface area contributed by atoms with Crippen molar-refractivity contribution >= 4 is 16.9 Å². The predicted octanol–water partition coefficient (Wildman–Crippen LogP) is 3.25. The number of carbonyl (C=O) groups is 1. The molecule has 0 aliphatic heterocycles. The normalized spacial score (nSPS) is 11.4. The number of nitrogens with zero attached hydrogens (tertiary/aromatic N) is 5. The Bertz CT molecular complexity index is 1070. The van der Waals surface area contributed by atoms with Crippen molar-refractivity contribution < 1.29 is 18.0 Å². The molecule has 0 aliphatic rings. The Balaban J connectivity index is 2.27. The van der Waals surface area contributed by atoms with Gasteiger partial charge < -0.3 is 4.90 Å². The molecule has 0 unspecified atom stereocenters. The van der Waals surface area contributed by atoms with Crippen molar-refractivity contribution in [2.24, 2.45) is 7.05 Å². The summed E-state index contributed by atoms with van der Waals surface area (Å²) in [6.07, 6.45) is -3.14. The maximum absolute atomic E-state index is 13.4. The molecule has 9 heteroatoms. The molecule has 0 spiro atoms. The number of alkyl halides is 3. The molecular weight excluding hydrogens is 359 g/mol. The Labute approximate surface area is 152 Å². The fraction of sp³-hybridized carbons (Fsp3) is 0.222. The van der Waals surface area contributed by atoms with E-state index in [1.807, 2.05) is 6.07 Å². The second kappa shape index (κ2) is 6.72. The van der Waals surface area contributed by atoms with Gasteiger partial charge in [0.05, 0.1) is 34.5 Å². The highest BCUT2D eigenvalue weighted by Gasteiger charge is 2.34. The van der Waals surface area contributed by atoms with Crippen molar-refractivity contribution in [2.75, 3.05) is 13.6 Å². The summed E-state index contributed by atoms with van der Waals surface area (Å²) < 4.78 is 41.6. The van der Waals surface area contributed by atoms with Gasteiger partial charge in [0.2, 0.25) is 0 Å². The van der Waals surface area contributed by atoms with Crippen molar-refractivity contribution in [3.05, 3.63) is 47.7 Å². The average molecular weight is 373 g/mol. The molecule has 3 aromatic rings. The van der Waals surface area contributed by atoms with Gasteiger partial charge in [0.15, 0.2) is 5.65 Å². The van der Waals surface area contributed by atoms with Gasteiger partial charge in [-0.05, 0) is 12.1 Å². The molecular formula is C18H14F3N5O. The molecule has 27 heavy (non-hydrogen) atoms. The lowest BCUT2D eigenvalue weighted by Crippen LogP contribution is -2.27. The molecule has 0 radical (unpaired) electrons. The first-order chi connectivity index (χ1) is 12.7. The van der Waals surface area contributed by atoms with E-state index in [1.165, 1.54) is 47.1 Å². The minimum atomic E-state index is -4.57. The summed E-state index contributed by atoms with van der Waals surface area (Å²) in [4.78, 5) is 18.2. The number of hydrogen-bond donors (Lipinski definition) is 0. The lowest BCUT2D eigenvalue weighted by atomic mass is 10.0. The quantitative estimate of drug-likeness (QED) is 0.661. The highest BCUT2D eigenvalue weighted by atomic mass is 19.4. The van der Waals surface area contributed by atoms with Crippen LogP contribution < -0.4 is 0 Å². The lowest BCUT2D eigenvalue weighted by molar-refractivity contribution is -0.137. The highest BCUT2D eigenvalue weighted by molar-refractivity contribution is 6.06. The van der Waals surface area contributed by atoms with Crippen LogP contribution in [0.2, 0.25) is 0 Å². The van der Waals surface area contributed by atoms with Crippen LogP contribution in [0.15, 0.2) is 36.5 Å². The summed E-state index contributed by atoms with van der Waals surface area (Å²) in [6, 6.07) is 8.22. The summed E-state index contributed by atoms with van der Waals surface area (Å²) >= 11 is 0. The van der Waals surface area contributed by atoms with E-state index in [1.54, 1.807) is 7.05 Å². The maximum Gasteiger partial charge on any atom is 0.417 e. The van der Waals surface area contributed by atoms with Gasteiger partial charge in [0, 0.05) is 19.7 Å². The van der Waals surface area contributed by atoms with E-state index in [9.17, 15) is 18.0 Å². The van der Waals surface area contributed by atoms with Crippen LogP contribution in [0.3, 0.4) is 0 Å². The van der Waals surface area contributed by atoms with Crippen LogP contribution in [-0.2, 0) is 13.2 Å². The Morgan fingerprint density at radius 3 is 2.70 bits per heavy atom. The Morgan fingerprint density at radius 2 is 2.04 bits per heavy atom. The zero-order valence-electron chi connectivity index (χ0n) is 14.4. The van der Waals surface area contributed by atoms with E-state index >= 15 is 0 Å². The maximum atomic E-state index is 13.4. The standard InChI is InChI=1S/C18H14F3N5O/c1-25(8-7-22)17(27)12-9-15(24-16-13(12)10-23-26(16)2)11-5-3-4-6-14(11)18(19,20)21/h3-6,9-10H,8H2,1-2H3. The number of halogens is 3. The molecule has 1 amide bonds. The number of nitriles is 1. The third-order valence-electron chi connectivity index (χ3n) is 4.10. The topological polar surface area (TPSA) is 74.8 Å². The molecule has 0 fully saturated rings. The second-order valence-corrected chi connectivity index (χ2v) is 5.92. The fourth-order valence-corrected chi connectivity index (χ4v) is 2.77. The second-order valence-electron chi connectivity index (χ2n) is 5.92. The van der Waals surface area contributed by atoms with Crippen LogP contribution in [0.25, 0.3) is 22.3 Å². The third kappa shape index (κ3) is 3.33. The van der Waals surface area contributed by atoms with Crippen LogP contribution in [0.1, 0.15) is 15.9 Å². The number of benzene rings is 1. The van der Waals surface area contributed by atoms with Crippen LogP contribution in [0, 0.1) is 11.3 Å². The molecule has 1 aromatic carbocycles. The number of rotatable bonds is 3. The van der Waals surface area contributed by atoms with Gasteiger partial charge in [-0.25, -0.2) is 4.98 Å². The molecule has 0 N–H and O–H groups in total. The third-order valence-corrected chi connectivity index (χ3v) is 4.10. The molecule has 0 aliphatic carbocycles. The van der Waals surface area contributed by atoms with Gasteiger partial charge in [0.25, 0.3) is 5.91 Å². The molecule has 138 valence electrons. The van der Waals surface area contributed by atoms with E-state index in [4.69, 9.17) is 5.26 Å². The van der Waals surface area contributed by atoms with E-state index in [-0.39, 0.29) is 29.0 Å². The summed E-state index contributed by atoms with van der Waals surface area (Å²) in [5.41, 5.74) is -0.559. The fourth-order valence-electron chi connectivity index (χ4n) is 2.77. The number of aryl methyl sites for hydroxylation is 1. The Hall–Kier alpha value is -3.41.